The molecule has 1 atom stereocenters. The Bertz CT molecular complexity index is 316. The molecule has 0 bridgehead atoms. The summed E-state index contributed by atoms with van der Waals surface area (Å²) in [5.74, 6) is 1.64. The van der Waals surface area contributed by atoms with Crippen LogP contribution in [0.5, 0.6) is 5.75 Å². The zero-order chi connectivity index (χ0) is 10.7. The zero-order valence-electron chi connectivity index (χ0n) is 9.49. The number of hydrogen-bond acceptors (Lipinski definition) is 3. The third kappa shape index (κ3) is 2.31. The Morgan fingerprint density at radius 3 is 3.20 bits per heavy atom. The van der Waals surface area contributed by atoms with Crippen LogP contribution in [0.2, 0.25) is 0 Å². The summed E-state index contributed by atoms with van der Waals surface area (Å²) in [6.07, 6.45) is 5.45. The molecular weight excluding hydrogens is 190 g/mol. The van der Waals surface area contributed by atoms with E-state index in [2.05, 4.69) is 10.4 Å². The fourth-order valence-corrected chi connectivity index (χ4v) is 2.22. The molecule has 2 heterocycles. The van der Waals surface area contributed by atoms with Crippen LogP contribution in [0.3, 0.4) is 0 Å². The van der Waals surface area contributed by atoms with Gasteiger partial charge in [-0.3, -0.25) is 4.68 Å². The summed E-state index contributed by atoms with van der Waals surface area (Å²) in [6.45, 7) is 2.29. The Morgan fingerprint density at radius 1 is 1.67 bits per heavy atom. The van der Waals surface area contributed by atoms with E-state index in [1.807, 2.05) is 11.7 Å². The minimum Gasteiger partial charge on any atom is -0.493 e. The summed E-state index contributed by atoms with van der Waals surface area (Å²) >= 11 is 0. The summed E-state index contributed by atoms with van der Waals surface area (Å²) in [5, 5.41) is 7.66. The fraction of sp³-hybridized carbons (Fsp3) is 0.727. The van der Waals surface area contributed by atoms with Gasteiger partial charge in [0.2, 0.25) is 0 Å². The largest absolute Gasteiger partial charge is 0.493 e. The lowest BCUT2D eigenvalue weighted by Gasteiger charge is -2.22. The van der Waals surface area contributed by atoms with Crippen molar-refractivity contribution in [1.29, 1.82) is 0 Å². The Hall–Kier alpha value is -1.03. The Kier molecular flexibility index (Phi) is 3.26. The number of methoxy groups -OCH3 is 1. The van der Waals surface area contributed by atoms with Crippen molar-refractivity contribution in [1.82, 2.24) is 15.1 Å². The highest BCUT2D eigenvalue weighted by Crippen LogP contribution is 2.23. The lowest BCUT2D eigenvalue weighted by atomic mass is 9.94. The van der Waals surface area contributed by atoms with Crippen molar-refractivity contribution in [2.24, 2.45) is 13.0 Å². The average Bonchev–Trinajstić information content (AvgIpc) is 2.62. The molecule has 0 spiro atoms. The highest BCUT2D eigenvalue weighted by atomic mass is 16.5. The van der Waals surface area contributed by atoms with Crippen LogP contribution >= 0.6 is 0 Å². The monoisotopic (exact) mass is 209 g/mol. The highest BCUT2D eigenvalue weighted by molar-refractivity contribution is 5.25. The molecule has 0 amide bonds. The van der Waals surface area contributed by atoms with E-state index in [1.54, 1.807) is 13.3 Å². The third-order valence-corrected chi connectivity index (χ3v) is 3.12. The Labute approximate surface area is 90.6 Å². The van der Waals surface area contributed by atoms with Crippen molar-refractivity contribution in [2.45, 2.75) is 19.3 Å². The minimum absolute atomic E-state index is 0.725. The summed E-state index contributed by atoms with van der Waals surface area (Å²) < 4.78 is 7.23. The number of aryl methyl sites for hydroxylation is 1. The Balaban J connectivity index is 2.04. The molecule has 1 N–H and O–H groups in total. The highest BCUT2D eigenvalue weighted by Gasteiger charge is 2.18. The number of ether oxygens (including phenoxy) is 1. The van der Waals surface area contributed by atoms with Crippen molar-refractivity contribution >= 4 is 0 Å². The second kappa shape index (κ2) is 4.66. The molecule has 15 heavy (non-hydrogen) atoms. The molecule has 1 aliphatic rings. The van der Waals surface area contributed by atoms with Crippen molar-refractivity contribution < 1.29 is 4.74 Å². The number of rotatable bonds is 3. The first-order chi connectivity index (χ1) is 7.31. The molecule has 4 heteroatoms. The third-order valence-electron chi connectivity index (χ3n) is 3.12. The van der Waals surface area contributed by atoms with Crippen LogP contribution in [0.25, 0.3) is 0 Å². The maximum Gasteiger partial charge on any atom is 0.159 e. The Morgan fingerprint density at radius 2 is 2.53 bits per heavy atom. The van der Waals surface area contributed by atoms with Gasteiger partial charge in [-0.15, -0.1) is 0 Å². The summed E-state index contributed by atoms with van der Waals surface area (Å²) in [5.41, 5.74) is 1.21. The topological polar surface area (TPSA) is 39.1 Å². The molecular formula is C11H19N3O. The van der Waals surface area contributed by atoms with Crippen LogP contribution in [-0.4, -0.2) is 30.0 Å². The minimum atomic E-state index is 0.725. The van der Waals surface area contributed by atoms with Gasteiger partial charge in [0.05, 0.1) is 19.0 Å². The lowest BCUT2D eigenvalue weighted by Crippen LogP contribution is -2.31. The van der Waals surface area contributed by atoms with Crippen molar-refractivity contribution in [3.8, 4) is 5.75 Å². The quantitative estimate of drug-likeness (QED) is 0.806. The summed E-state index contributed by atoms with van der Waals surface area (Å²) in [7, 11) is 3.69. The average molecular weight is 209 g/mol. The second-order valence-corrected chi connectivity index (χ2v) is 4.20. The van der Waals surface area contributed by atoms with Gasteiger partial charge in [0.25, 0.3) is 0 Å². The zero-order valence-corrected chi connectivity index (χ0v) is 9.49. The number of piperidine rings is 1. The molecule has 84 valence electrons. The van der Waals surface area contributed by atoms with E-state index >= 15 is 0 Å². The van der Waals surface area contributed by atoms with Gasteiger partial charge in [-0.25, -0.2) is 0 Å². The smallest absolute Gasteiger partial charge is 0.159 e. The van der Waals surface area contributed by atoms with Crippen molar-refractivity contribution in [3.05, 3.63) is 11.9 Å². The number of aromatic nitrogens is 2. The first-order valence-electron chi connectivity index (χ1n) is 5.57. The van der Waals surface area contributed by atoms with E-state index in [0.717, 1.165) is 24.6 Å². The first-order valence-corrected chi connectivity index (χ1v) is 5.57. The van der Waals surface area contributed by atoms with Gasteiger partial charge in [-0.2, -0.15) is 5.10 Å². The molecule has 4 nitrogen and oxygen atoms in total. The molecule has 1 aliphatic heterocycles. The van der Waals surface area contributed by atoms with Crippen LogP contribution in [-0.2, 0) is 13.5 Å². The van der Waals surface area contributed by atoms with E-state index < -0.39 is 0 Å². The van der Waals surface area contributed by atoms with Gasteiger partial charge in [0, 0.05) is 7.05 Å². The van der Waals surface area contributed by atoms with Crippen molar-refractivity contribution in [3.63, 3.8) is 0 Å². The van der Waals surface area contributed by atoms with Crippen LogP contribution < -0.4 is 10.1 Å². The predicted molar refractivity (Wildman–Crippen MR) is 59.1 cm³/mol. The fourth-order valence-electron chi connectivity index (χ4n) is 2.22. The first kappa shape index (κ1) is 10.5. The molecule has 0 radical (unpaired) electrons. The molecule has 1 aromatic rings. The normalized spacial score (nSPS) is 21.6. The molecule has 2 rings (SSSR count). The number of nitrogens with zero attached hydrogens (tertiary/aromatic N) is 2. The van der Waals surface area contributed by atoms with Gasteiger partial charge >= 0.3 is 0 Å². The predicted octanol–water partition coefficient (Wildman–Crippen LogP) is 0.971. The standard InChI is InChI=1S/C11H19N3O/c1-14-10(11(15-2)8-13-14)6-9-4-3-5-12-7-9/h8-9,12H,3-7H2,1-2H3. The molecule has 0 aromatic carbocycles. The van der Waals surface area contributed by atoms with E-state index in [4.69, 9.17) is 4.74 Å². The number of hydrogen-bond donors (Lipinski definition) is 1. The van der Waals surface area contributed by atoms with E-state index in [0.29, 0.717) is 0 Å². The van der Waals surface area contributed by atoms with Crippen LogP contribution in [0.4, 0.5) is 0 Å². The molecule has 1 unspecified atom stereocenters. The maximum atomic E-state index is 5.30. The van der Waals surface area contributed by atoms with Gasteiger partial charge in [0.1, 0.15) is 0 Å². The van der Waals surface area contributed by atoms with E-state index in [1.165, 1.54) is 25.1 Å². The molecule has 0 aliphatic carbocycles. The van der Waals surface area contributed by atoms with Gasteiger partial charge in [-0.05, 0) is 38.3 Å². The number of nitrogens with one attached hydrogen (secondary N) is 1. The van der Waals surface area contributed by atoms with Crippen molar-refractivity contribution in [2.75, 3.05) is 20.2 Å². The lowest BCUT2D eigenvalue weighted by molar-refractivity contribution is 0.357. The maximum absolute atomic E-state index is 5.30. The summed E-state index contributed by atoms with van der Waals surface area (Å²) in [4.78, 5) is 0. The SMILES string of the molecule is COc1cnn(C)c1CC1CCCNC1. The molecule has 0 saturated carbocycles. The van der Waals surface area contributed by atoms with Crippen LogP contribution in [0, 0.1) is 5.92 Å². The second-order valence-electron chi connectivity index (χ2n) is 4.20. The van der Waals surface area contributed by atoms with Gasteiger partial charge in [-0.1, -0.05) is 0 Å². The van der Waals surface area contributed by atoms with E-state index in [-0.39, 0.29) is 0 Å². The van der Waals surface area contributed by atoms with Crippen LogP contribution in [0.15, 0.2) is 6.20 Å². The van der Waals surface area contributed by atoms with E-state index in [9.17, 15) is 0 Å². The summed E-state index contributed by atoms with van der Waals surface area (Å²) in [6, 6.07) is 0. The molecule has 1 aromatic heterocycles. The molecule has 1 saturated heterocycles. The molecule has 1 fully saturated rings. The van der Waals surface area contributed by atoms with Crippen LogP contribution in [0.1, 0.15) is 18.5 Å². The van der Waals surface area contributed by atoms with Gasteiger partial charge in [0.15, 0.2) is 5.75 Å². The van der Waals surface area contributed by atoms with Gasteiger partial charge < -0.3 is 10.1 Å².